The van der Waals surface area contributed by atoms with E-state index in [1.807, 2.05) is 13.0 Å². The van der Waals surface area contributed by atoms with Crippen molar-refractivity contribution in [2.45, 2.75) is 63.5 Å². The highest BCUT2D eigenvalue weighted by Crippen LogP contribution is 2.42. The quantitative estimate of drug-likeness (QED) is 0.916. The Bertz CT molecular complexity index is 814. The van der Waals surface area contributed by atoms with Crippen molar-refractivity contribution in [1.29, 1.82) is 0 Å². The number of nitrogens with zero attached hydrogens (tertiary/aromatic N) is 1. The molecule has 2 aliphatic carbocycles. The normalized spacial score (nSPS) is 25.0. The SMILES string of the molecule is Cc1cc(=O)c2cc(F)c(C3CC3)cc2n1C1CCC(O)CC1. The van der Waals surface area contributed by atoms with Gasteiger partial charge in [-0.15, -0.1) is 0 Å². The van der Waals surface area contributed by atoms with Crippen LogP contribution >= 0.6 is 0 Å². The van der Waals surface area contributed by atoms with Crippen molar-refractivity contribution >= 4 is 10.9 Å². The molecule has 2 saturated carbocycles. The van der Waals surface area contributed by atoms with E-state index in [0.29, 0.717) is 11.3 Å². The van der Waals surface area contributed by atoms with Gasteiger partial charge in [-0.05, 0) is 69.1 Å². The second-order valence-corrected chi connectivity index (χ2v) is 7.15. The second-order valence-electron chi connectivity index (χ2n) is 7.15. The molecule has 0 spiro atoms. The summed E-state index contributed by atoms with van der Waals surface area (Å²) in [4.78, 5) is 12.3. The number of aryl methyl sites for hydroxylation is 1. The number of benzene rings is 1. The Morgan fingerprint density at radius 2 is 1.78 bits per heavy atom. The molecule has 122 valence electrons. The number of halogens is 1. The molecule has 1 aromatic heterocycles. The number of pyridine rings is 1. The van der Waals surface area contributed by atoms with E-state index in [2.05, 4.69) is 4.57 Å². The lowest BCUT2D eigenvalue weighted by Crippen LogP contribution is -2.24. The molecule has 23 heavy (non-hydrogen) atoms. The van der Waals surface area contributed by atoms with Gasteiger partial charge in [0, 0.05) is 23.2 Å². The number of aromatic nitrogens is 1. The molecule has 0 aliphatic heterocycles. The van der Waals surface area contributed by atoms with Crippen LogP contribution in [0.3, 0.4) is 0 Å². The van der Waals surface area contributed by atoms with Gasteiger partial charge in [-0.25, -0.2) is 4.39 Å². The molecule has 3 nitrogen and oxygen atoms in total. The van der Waals surface area contributed by atoms with E-state index in [4.69, 9.17) is 0 Å². The summed E-state index contributed by atoms with van der Waals surface area (Å²) in [5, 5.41) is 10.2. The van der Waals surface area contributed by atoms with Crippen LogP contribution in [0.2, 0.25) is 0 Å². The third-order valence-electron chi connectivity index (χ3n) is 5.41. The standard InChI is InChI=1S/C19H22FNO2/c1-11-8-19(23)16-9-17(20)15(12-2-3-12)10-18(16)21(11)13-4-6-14(22)7-5-13/h8-10,12-14,22H,2-7H2,1H3. The van der Waals surface area contributed by atoms with Gasteiger partial charge in [-0.1, -0.05) is 0 Å². The number of aliphatic hydroxyl groups is 1. The van der Waals surface area contributed by atoms with Gasteiger partial charge in [0.15, 0.2) is 5.43 Å². The summed E-state index contributed by atoms with van der Waals surface area (Å²) in [7, 11) is 0. The molecule has 1 heterocycles. The predicted molar refractivity (Wildman–Crippen MR) is 88.4 cm³/mol. The summed E-state index contributed by atoms with van der Waals surface area (Å²) in [6, 6.07) is 5.23. The number of hydrogen-bond donors (Lipinski definition) is 1. The molecule has 2 aliphatic rings. The Morgan fingerprint density at radius 1 is 1.09 bits per heavy atom. The van der Waals surface area contributed by atoms with E-state index >= 15 is 0 Å². The molecule has 2 aromatic rings. The molecule has 0 saturated heterocycles. The lowest BCUT2D eigenvalue weighted by Gasteiger charge is -2.30. The fourth-order valence-electron chi connectivity index (χ4n) is 4.01. The number of fused-ring (bicyclic) bond motifs is 1. The highest BCUT2D eigenvalue weighted by atomic mass is 19.1. The average Bonchev–Trinajstić information content (AvgIpc) is 3.34. The fourth-order valence-corrected chi connectivity index (χ4v) is 4.01. The highest BCUT2D eigenvalue weighted by molar-refractivity contribution is 5.80. The van der Waals surface area contributed by atoms with Crippen LogP contribution in [0.25, 0.3) is 10.9 Å². The zero-order valence-corrected chi connectivity index (χ0v) is 13.4. The minimum atomic E-state index is -0.244. The number of rotatable bonds is 2. The van der Waals surface area contributed by atoms with Crippen LogP contribution < -0.4 is 5.43 Å². The van der Waals surface area contributed by atoms with E-state index in [0.717, 1.165) is 55.3 Å². The van der Waals surface area contributed by atoms with Crippen molar-refractivity contribution in [2.24, 2.45) is 0 Å². The maximum Gasteiger partial charge on any atom is 0.189 e. The van der Waals surface area contributed by atoms with Crippen LogP contribution in [-0.4, -0.2) is 15.8 Å². The van der Waals surface area contributed by atoms with Gasteiger partial charge in [0.05, 0.1) is 11.6 Å². The monoisotopic (exact) mass is 315 g/mol. The molecule has 1 aromatic carbocycles. The topological polar surface area (TPSA) is 42.2 Å². The molecule has 2 fully saturated rings. The van der Waals surface area contributed by atoms with Gasteiger partial charge < -0.3 is 9.67 Å². The zero-order chi connectivity index (χ0) is 16.1. The largest absolute Gasteiger partial charge is 0.393 e. The molecule has 4 heteroatoms. The Labute approximate surface area is 134 Å². The molecule has 0 unspecified atom stereocenters. The summed E-state index contributed by atoms with van der Waals surface area (Å²) in [6.07, 6.45) is 5.23. The van der Waals surface area contributed by atoms with Crippen molar-refractivity contribution in [3.8, 4) is 0 Å². The van der Waals surface area contributed by atoms with Gasteiger partial charge in [0.1, 0.15) is 5.82 Å². The molecule has 0 atom stereocenters. The minimum absolute atomic E-state index is 0.106. The second kappa shape index (κ2) is 5.45. The summed E-state index contributed by atoms with van der Waals surface area (Å²) in [5.41, 5.74) is 2.44. The lowest BCUT2D eigenvalue weighted by molar-refractivity contribution is 0.111. The van der Waals surface area contributed by atoms with Crippen LogP contribution in [0, 0.1) is 12.7 Å². The van der Waals surface area contributed by atoms with Crippen molar-refractivity contribution in [3.63, 3.8) is 0 Å². The van der Waals surface area contributed by atoms with Gasteiger partial charge in [0.25, 0.3) is 0 Å². The molecule has 0 amide bonds. The van der Waals surface area contributed by atoms with E-state index in [1.54, 1.807) is 6.07 Å². The molecule has 1 N–H and O–H groups in total. The Morgan fingerprint density at radius 3 is 2.43 bits per heavy atom. The summed E-state index contributed by atoms with van der Waals surface area (Å²) < 4.78 is 16.5. The molecular weight excluding hydrogens is 293 g/mol. The fraction of sp³-hybridized carbons (Fsp3) is 0.526. The van der Waals surface area contributed by atoms with Crippen LogP contribution in [0.1, 0.15) is 61.7 Å². The molecule has 4 rings (SSSR count). The zero-order valence-electron chi connectivity index (χ0n) is 13.4. The van der Waals surface area contributed by atoms with Crippen molar-refractivity contribution in [2.75, 3.05) is 0 Å². The summed E-state index contributed by atoms with van der Waals surface area (Å²) >= 11 is 0. The molecular formula is C19H22FNO2. The Balaban J connectivity index is 1.91. The van der Waals surface area contributed by atoms with Gasteiger partial charge in [-0.3, -0.25) is 4.79 Å². The Kier molecular flexibility index (Phi) is 3.52. The van der Waals surface area contributed by atoms with Crippen LogP contribution in [0.4, 0.5) is 4.39 Å². The van der Waals surface area contributed by atoms with E-state index in [-0.39, 0.29) is 23.4 Å². The first-order valence-corrected chi connectivity index (χ1v) is 8.58. The average molecular weight is 315 g/mol. The summed E-state index contributed by atoms with van der Waals surface area (Å²) in [6.45, 7) is 1.95. The van der Waals surface area contributed by atoms with Crippen molar-refractivity contribution in [3.05, 3.63) is 45.5 Å². The lowest BCUT2D eigenvalue weighted by atomic mass is 9.92. The maximum absolute atomic E-state index is 14.3. The first kappa shape index (κ1) is 14.9. The molecule has 0 radical (unpaired) electrons. The van der Waals surface area contributed by atoms with Crippen LogP contribution in [0.15, 0.2) is 23.0 Å². The predicted octanol–water partition coefficient (Wildman–Crippen LogP) is 3.80. The van der Waals surface area contributed by atoms with Crippen molar-refractivity contribution in [1.82, 2.24) is 4.57 Å². The number of aliphatic hydroxyl groups excluding tert-OH is 1. The van der Waals surface area contributed by atoms with Gasteiger partial charge >= 0.3 is 0 Å². The van der Waals surface area contributed by atoms with E-state index < -0.39 is 0 Å². The van der Waals surface area contributed by atoms with E-state index in [9.17, 15) is 14.3 Å². The van der Waals surface area contributed by atoms with Crippen LogP contribution in [0.5, 0.6) is 0 Å². The van der Waals surface area contributed by atoms with Gasteiger partial charge in [-0.2, -0.15) is 0 Å². The first-order chi connectivity index (χ1) is 11.0. The van der Waals surface area contributed by atoms with Crippen LogP contribution in [-0.2, 0) is 0 Å². The molecule has 0 bridgehead atoms. The third-order valence-corrected chi connectivity index (χ3v) is 5.41. The Hall–Kier alpha value is -1.68. The van der Waals surface area contributed by atoms with Gasteiger partial charge in [0.2, 0.25) is 0 Å². The van der Waals surface area contributed by atoms with E-state index in [1.165, 1.54) is 6.07 Å². The third kappa shape index (κ3) is 2.59. The highest BCUT2D eigenvalue weighted by Gasteiger charge is 2.29. The van der Waals surface area contributed by atoms with Crippen molar-refractivity contribution < 1.29 is 9.50 Å². The maximum atomic E-state index is 14.3. The number of hydrogen-bond acceptors (Lipinski definition) is 2. The smallest absolute Gasteiger partial charge is 0.189 e. The minimum Gasteiger partial charge on any atom is -0.393 e. The first-order valence-electron chi connectivity index (χ1n) is 8.58. The summed E-state index contributed by atoms with van der Waals surface area (Å²) in [5.74, 6) is 0.0724.